The van der Waals surface area contributed by atoms with Crippen LogP contribution in [0.25, 0.3) is 10.2 Å². The molecule has 63 heavy (non-hydrogen) atoms. The van der Waals surface area contributed by atoms with Gasteiger partial charge in [-0.15, -0.1) is 11.3 Å². The van der Waals surface area contributed by atoms with Crippen molar-refractivity contribution in [3.05, 3.63) is 81.6 Å². The number of aliphatic hydroxyl groups is 2. The first kappa shape index (κ1) is 44.6. The van der Waals surface area contributed by atoms with Gasteiger partial charge in [-0.3, -0.25) is 29.4 Å². The lowest BCUT2D eigenvalue weighted by molar-refractivity contribution is -0.141. The molecule has 2 unspecified atom stereocenters. The van der Waals surface area contributed by atoms with Crippen LogP contribution in [0.4, 0.5) is 24.5 Å². The molecule has 13 nitrogen and oxygen atoms in total. The monoisotopic (exact) mass is 889 g/mol. The number of fused-ring (bicyclic) bond motifs is 2. The van der Waals surface area contributed by atoms with Crippen LogP contribution in [0, 0.1) is 11.8 Å². The predicted molar refractivity (Wildman–Crippen MR) is 232 cm³/mol. The van der Waals surface area contributed by atoms with E-state index < -0.39 is 47.5 Å². The maximum Gasteiger partial charge on any atom is 0.433 e. The number of hydrogen-bond donors (Lipinski definition) is 5. The summed E-state index contributed by atoms with van der Waals surface area (Å²) in [7, 11) is 2.24. The molecule has 4 amide bonds. The molecule has 2 aromatic carbocycles. The molecule has 2 aliphatic heterocycles. The van der Waals surface area contributed by atoms with Crippen LogP contribution in [0.3, 0.4) is 0 Å². The molecular weight excluding hydrogens is 836 g/mol. The van der Waals surface area contributed by atoms with Gasteiger partial charge in [0.25, 0.3) is 11.8 Å². The fourth-order valence-electron chi connectivity index (χ4n) is 9.95. The van der Waals surface area contributed by atoms with E-state index in [4.69, 9.17) is 4.98 Å². The number of pyridine rings is 1. The Morgan fingerprint density at radius 1 is 0.937 bits per heavy atom. The Bertz CT molecular complexity index is 2390. The van der Waals surface area contributed by atoms with Gasteiger partial charge in [-0.25, -0.2) is 9.97 Å². The highest BCUT2D eigenvalue weighted by Crippen LogP contribution is 2.43. The molecule has 0 spiro atoms. The zero-order valence-electron chi connectivity index (χ0n) is 35.6. The quantitative estimate of drug-likeness (QED) is 0.0886. The molecule has 1 saturated heterocycles. The molecule has 3 fully saturated rings. The molecule has 4 aromatic rings. The summed E-state index contributed by atoms with van der Waals surface area (Å²) in [5.41, 5.74) is 0.0179. The summed E-state index contributed by atoms with van der Waals surface area (Å²) in [6.45, 7) is 4.90. The number of carbonyl (C=O) groups is 4. The van der Waals surface area contributed by atoms with Crippen molar-refractivity contribution in [3.63, 3.8) is 0 Å². The van der Waals surface area contributed by atoms with Crippen LogP contribution < -0.4 is 16.0 Å². The number of anilines is 2. The van der Waals surface area contributed by atoms with Crippen LogP contribution in [-0.4, -0.2) is 85.8 Å². The number of rotatable bonds is 12. The number of alkyl halides is 3. The Hall–Kier alpha value is -4.97. The number of amides is 4. The fourth-order valence-corrected chi connectivity index (χ4v) is 11.1. The standard InChI is InChI=1S/C46H54F3N7O6S/c1-45(2,62)30-22-34-36(23-33(30)52-40(58)32-8-5-9-37(51-32)46(47,48)49)63-42(53-34)27-14-10-26(11-15-27)24-55(3)28-16-12-25(13-17-28)20-21-50-31-7-4-6-29-39(31)44(61)56(43(29)60)35-18-19-38(57)54-41(35)59/h4-9,22-23,25-28,35,44,50,61-62H,10-21,24H2,1-3H3,(H,52,58)(H,54,57,59)/t25-,26-,27-,28-,35?,44?. The van der Waals surface area contributed by atoms with E-state index in [1.165, 1.54) is 11.0 Å². The third kappa shape index (κ3) is 9.61. The van der Waals surface area contributed by atoms with E-state index in [2.05, 4.69) is 32.9 Å². The normalized spacial score (nSPS) is 24.5. The van der Waals surface area contributed by atoms with E-state index in [1.54, 1.807) is 49.4 Å². The zero-order valence-corrected chi connectivity index (χ0v) is 36.5. The summed E-state index contributed by atoms with van der Waals surface area (Å²) in [4.78, 5) is 62.8. The van der Waals surface area contributed by atoms with Crippen LogP contribution in [0.5, 0.6) is 0 Å². The molecule has 2 saturated carbocycles. The van der Waals surface area contributed by atoms with Crippen molar-refractivity contribution in [2.75, 3.05) is 30.8 Å². The lowest BCUT2D eigenvalue weighted by Crippen LogP contribution is -2.53. The topological polar surface area (TPSA) is 177 Å². The number of piperidine rings is 1. The van der Waals surface area contributed by atoms with Gasteiger partial charge in [0.1, 0.15) is 17.4 Å². The van der Waals surface area contributed by atoms with Gasteiger partial charge in [0.2, 0.25) is 11.8 Å². The first-order valence-corrected chi connectivity index (χ1v) is 22.7. The Morgan fingerprint density at radius 2 is 1.65 bits per heavy atom. The van der Waals surface area contributed by atoms with Gasteiger partial charge >= 0.3 is 6.18 Å². The summed E-state index contributed by atoms with van der Waals surface area (Å²) in [5.74, 6) is -0.730. The highest BCUT2D eigenvalue weighted by atomic mass is 32.1. The van der Waals surface area contributed by atoms with Crippen molar-refractivity contribution in [2.24, 2.45) is 11.8 Å². The molecule has 0 radical (unpaired) electrons. The van der Waals surface area contributed by atoms with Crippen LogP contribution in [-0.2, 0) is 21.4 Å². The molecule has 4 heterocycles. The van der Waals surface area contributed by atoms with Crippen molar-refractivity contribution in [1.82, 2.24) is 25.1 Å². The minimum atomic E-state index is -4.69. The minimum Gasteiger partial charge on any atom is -0.386 e. The minimum absolute atomic E-state index is 0.115. The van der Waals surface area contributed by atoms with Gasteiger partial charge in [-0.2, -0.15) is 13.2 Å². The van der Waals surface area contributed by atoms with Gasteiger partial charge < -0.3 is 25.7 Å². The molecule has 8 rings (SSSR count). The van der Waals surface area contributed by atoms with E-state index in [0.717, 1.165) is 86.2 Å². The maximum absolute atomic E-state index is 13.3. The van der Waals surface area contributed by atoms with E-state index in [9.17, 15) is 42.6 Å². The van der Waals surface area contributed by atoms with Gasteiger partial charge in [-0.05, 0) is 133 Å². The van der Waals surface area contributed by atoms with Gasteiger partial charge in [-0.1, -0.05) is 12.1 Å². The highest BCUT2D eigenvalue weighted by Gasteiger charge is 2.45. The van der Waals surface area contributed by atoms with Crippen LogP contribution in [0.1, 0.15) is 139 Å². The smallest absolute Gasteiger partial charge is 0.386 e. The second-order valence-electron chi connectivity index (χ2n) is 18.2. The van der Waals surface area contributed by atoms with Crippen molar-refractivity contribution >= 4 is 56.6 Å². The second-order valence-corrected chi connectivity index (χ2v) is 19.3. The molecule has 5 N–H and O–H groups in total. The number of halogens is 3. The fraction of sp³-hybridized carbons (Fsp3) is 0.522. The van der Waals surface area contributed by atoms with E-state index in [-0.39, 0.29) is 30.4 Å². The Balaban J connectivity index is 0.804. The predicted octanol–water partition coefficient (Wildman–Crippen LogP) is 7.71. The number of aromatic nitrogens is 2. The zero-order chi connectivity index (χ0) is 44.8. The molecular formula is C46H54F3N7O6S. The third-order valence-electron chi connectivity index (χ3n) is 13.4. The summed E-state index contributed by atoms with van der Waals surface area (Å²) in [5, 5.41) is 31.7. The lowest BCUT2D eigenvalue weighted by Gasteiger charge is -2.38. The molecule has 2 aromatic heterocycles. The largest absolute Gasteiger partial charge is 0.433 e. The van der Waals surface area contributed by atoms with Crippen LogP contribution >= 0.6 is 11.3 Å². The lowest BCUT2D eigenvalue weighted by atomic mass is 9.80. The van der Waals surface area contributed by atoms with Crippen LogP contribution in [0.2, 0.25) is 0 Å². The maximum atomic E-state index is 13.3. The Kier molecular flexibility index (Phi) is 12.7. The summed E-state index contributed by atoms with van der Waals surface area (Å²) < 4.78 is 40.6. The second kappa shape index (κ2) is 17.9. The summed E-state index contributed by atoms with van der Waals surface area (Å²) in [6.07, 6.45) is 3.97. The molecule has 2 aliphatic carbocycles. The number of imide groups is 1. The highest BCUT2D eigenvalue weighted by molar-refractivity contribution is 7.18. The number of nitrogens with one attached hydrogen (secondary N) is 3. The molecule has 2 atom stereocenters. The van der Waals surface area contributed by atoms with Gasteiger partial charge in [0.05, 0.1) is 20.8 Å². The van der Waals surface area contributed by atoms with Crippen molar-refractivity contribution < 1.29 is 42.6 Å². The number of hydrogen-bond acceptors (Lipinski definition) is 11. The number of nitrogens with zero attached hydrogens (tertiary/aromatic N) is 4. The van der Waals surface area contributed by atoms with E-state index >= 15 is 0 Å². The molecule has 4 aliphatic rings. The van der Waals surface area contributed by atoms with Crippen molar-refractivity contribution in [1.29, 1.82) is 0 Å². The van der Waals surface area contributed by atoms with Crippen molar-refractivity contribution in [2.45, 2.75) is 120 Å². The molecule has 0 bridgehead atoms. The molecule has 17 heteroatoms. The first-order chi connectivity index (χ1) is 29.9. The van der Waals surface area contributed by atoms with E-state index in [0.29, 0.717) is 58.0 Å². The number of aliphatic hydroxyl groups excluding tert-OH is 1. The van der Waals surface area contributed by atoms with Crippen LogP contribution in [0.15, 0.2) is 48.5 Å². The summed E-state index contributed by atoms with van der Waals surface area (Å²) >= 11 is 1.55. The first-order valence-electron chi connectivity index (χ1n) is 21.9. The number of benzene rings is 2. The average molecular weight is 890 g/mol. The SMILES string of the molecule is CN(C[C@H]1CC[C@H](c2nc3cc(C(C)(C)O)c(NC(=O)c4cccc(C(F)(F)F)n4)cc3s2)CC1)[C@H]1CC[C@H](CCNc2cccc3c2C(O)N(C2CCC(=O)NC2=O)C3=O)CC1. The number of thiazole rings is 1. The third-order valence-corrected chi connectivity index (χ3v) is 14.6. The van der Waals surface area contributed by atoms with Crippen molar-refractivity contribution in [3.8, 4) is 0 Å². The molecule has 336 valence electrons. The Labute approximate surface area is 367 Å². The average Bonchev–Trinajstić information content (AvgIpc) is 3.78. The van der Waals surface area contributed by atoms with Gasteiger partial charge in [0, 0.05) is 59.5 Å². The number of carbonyl (C=O) groups excluding carboxylic acids is 4. The van der Waals surface area contributed by atoms with Gasteiger partial charge in [0.15, 0.2) is 6.23 Å². The Morgan fingerprint density at radius 3 is 2.35 bits per heavy atom. The summed E-state index contributed by atoms with van der Waals surface area (Å²) in [6, 6.07) is 11.6. The van der Waals surface area contributed by atoms with E-state index in [1.807, 2.05) is 6.07 Å².